The maximum absolute atomic E-state index is 12.4. The van der Waals surface area contributed by atoms with E-state index in [2.05, 4.69) is 0 Å². The molecular weight excluding hydrogens is 362 g/mol. The zero-order valence-electron chi connectivity index (χ0n) is 15.6. The molecule has 3 rings (SSSR count). The fraction of sp³-hybridized carbons (Fsp3) is 0.381. The minimum Gasteiger partial charge on any atom is -0.386 e. The number of carbonyl (C=O) groups excluding carboxylic acids is 1. The lowest BCUT2D eigenvalue weighted by molar-refractivity contribution is -0.118. The number of nitrogens with two attached hydrogens (primary N) is 1. The highest BCUT2D eigenvalue weighted by molar-refractivity contribution is 7.91. The third-order valence-corrected chi connectivity index (χ3v) is 6.86. The Kier molecular flexibility index (Phi) is 5.14. The topological polar surface area (TPSA) is 97.5 Å². The molecular formula is C21H25NO4S. The lowest BCUT2D eigenvalue weighted by atomic mass is 9.88. The zero-order valence-corrected chi connectivity index (χ0v) is 16.4. The quantitative estimate of drug-likeness (QED) is 0.763. The molecule has 0 saturated heterocycles. The van der Waals surface area contributed by atoms with Gasteiger partial charge in [0.1, 0.15) is 0 Å². The van der Waals surface area contributed by atoms with Crippen molar-refractivity contribution in [2.24, 2.45) is 11.7 Å². The fourth-order valence-electron chi connectivity index (χ4n) is 3.16. The van der Waals surface area contributed by atoms with E-state index in [1.165, 1.54) is 0 Å². The van der Waals surface area contributed by atoms with Gasteiger partial charge in [-0.15, -0.1) is 0 Å². The molecule has 0 aromatic heterocycles. The maximum Gasteiger partial charge on any atom is 0.229 e. The number of primary amides is 1. The molecule has 0 spiro atoms. The van der Waals surface area contributed by atoms with E-state index in [0.717, 1.165) is 18.4 Å². The summed E-state index contributed by atoms with van der Waals surface area (Å²) in [5, 5.41) is 10.1. The van der Waals surface area contributed by atoms with Crippen LogP contribution in [-0.2, 0) is 20.2 Å². The Bertz CT molecular complexity index is 922. The molecule has 6 heteroatoms. The van der Waals surface area contributed by atoms with Crippen LogP contribution in [0.2, 0.25) is 0 Å². The summed E-state index contributed by atoms with van der Waals surface area (Å²) >= 11 is 0. The highest BCUT2D eigenvalue weighted by Gasteiger charge is 2.29. The smallest absolute Gasteiger partial charge is 0.229 e. The molecule has 1 fully saturated rings. The summed E-state index contributed by atoms with van der Waals surface area (Å²) in [4.78, 5) is 12.3. The van der Waals surface area contributed by atoms with Crippen LogP contribution in [0.1, 0.15) is 49.3 Å². The molecule has 0 radical (unpaired) electrons. The summed E-state index contributed by atoms with van der Waals surface area (Å²) in [5.41, 5.74) is 6.72. The number of benzene rings is 2. The van der Waals surface area contributed by atoms with Crippen LogP contribution >= 0.6 is 0 Å². The first kappa shape index (κ1) is 19.6. The van der Waals surface area contributed by atoms with Gasteiger partial charge in [0, 0.05) is 0 Å². The van der Waals surface area contributed by atoms with Gasteiger partial charge in [0.15, 0.2) is 9.84 Å². The molecule has 0 aliphatic heterocycles. The molecule has 1 amide bonds. The normalized spacial score (nSPS) is 16.1. The van der Waals surface area contributed by atoms with E-state index < -0.39 is 27.3 Å². The first-order chi connectivity index (χ1) is 12.6. The van der Waals surface area contributed by atoms with Gasteiger partial charge in [0.25, 0.3) is 0 Å². The average molecular weight is 388 g/mol. The average Bonchev–Trinajstić information content (AvgIpc) is 3.38. The summed E-state index contributed by atoms with van der Waals surface area (Å²) in [6, 6.07) is 13.5. The SMILES string of the molecule is CC(C)(O)c1ccc(C(C(N)=O)c2ccc(S(=O)(=O)CC3CC3)cc2)cc1. The summed E-state index contributed by atoms with van der Waals surface area (Å²) < 4.78 is 24.8. The second-order valence-corrected chi connectivity index (χ2v) is 9.84. The van der Waals surface area contributed by atoms with Gasteiger partial charge in [-0.3, -0.25) is 4.79 Å². The van der Waals surface area contributed by atoms with Crippen molar-refractivity contribution in [3.8, 4) is 0 Å². The predicted molar refractivity (Wildman–Crippen MR) is 104 cm³/mol. The molecule has 0 bridgehead atoms. The molecule has 2 aromatic carbocycles. The van der Waals surface area contributed by atoms with Crippen molar-refractivity contribution >= 4 is 15.7 Å². The first-order valence-electron chi connectivity index (χ1n) is 9.03. The molecule has 2 aromatic rings. The Morgan fingerprint density at radius 1 is 1.07 bits per heavy atom. The first-order valence-corrected chi connectivity index (χ1v) is 10.7. The molecule has 27 heavy (non-hydrogen) atoms. The number of sulfone groups is 1. The molecule has 144 valence electrons. The van der Waals surface area contributed by atoms with Gasteiger partial charge in [-0.1, -0.05) is 36.4 Å². The van der Waals surface area contributed by atoms with Crippen molar-refractivity contribution < 1.29 is 18.3 Å². The summed E-state index contributed by atoms with van der Waals surface area (Å²) in [6.45, 7) is 3.38. The van der Waals surface area contributed by atoms with Gasteiger partial charge >= 0.3 is 0 Å². The van der Waals surface area contributed by atoms with Crippen LogP contribution in [0.4, 0.5) is 0 Å². The summed E-state index contributed by atoms with van der Waals surface area (Å²) in [6.07, 6.45) is 1.95. The van der Waals surface area contributed by atoms with Gasteiger partial charge < -0.3 is 10.8 Å². The van der Waals surface area contributed by atoms with E-state index >= 15 is 0 Å². The van der Waals surface area contributed by atoms with Crippen LogP contribution in [0.5, 0.6) is 0 Å². The van der Waals surface area contributed by atoms with Crippen molar-refractivity contribution in [3.63, 3.8) is 0 Å². The van der Waals surface area contributed by atoms with Crippen LogP contribution in [-0.4, -0.2) is 25.2 Å². The van der Waals surface area contributed by atoms with Gasteiger partial charge in [0.05, 0.1) is 22.2 Å². The van der Waals surface area contributed by atoms with Crippen molar-refractivity contribution in [1.82, 2.24) is 0 Å². The van der Waals surface area contributed by atoms with E-state index in [1.807, 2.05) is 0 Å². The lowest BCUT2D eigenvalue weighted by Gasteiger charge is -2.20. The van der Waals surface area contributed by atoms with Crippen LogP contribution in [0.25, 0.3) is 0 Å². The van der Waals surface area contributed by atoms with Crippen molar-refractivity contribution in [3.05, 3.63) is 65.2 Å². The number of hydrogen-bond acceptors (Lipinski definition) is 4. The largest absolute Gasteiger partial charge is 0.386 e. The van der Waals surface area contributed by atoms with E-state index in [4.69, 9.17) is 5.73 Å². The second kappa shape index (κ2) is 7.09. The van der Waals surface area contributed by atoms with Gasteiger partial charge in [-0.25, -0.2) is 8.42 Å². The number of amides is 1. The Labute approximate surface area is 160 Å². The monoisotopic (exact) mass is 387 g/mol. The maximum atomic E-state index is 12.4. The van der Waals surface area contributed by atoms with Gasteiger partial charge in [0.2, 0.25) is 5.91 Å². The standard InChI is InChI=1S/C21H25NO4S/c1-21(2,24)17-9-5-15(6-10-17)19(20(22)23)16-7-11-18(12-8-16)27(25,26)13-14-3-4-14/h5-12,14,19,24H,3-4,13H2,1-2H3,(H2,22,23). The molecule has 1 aliphatic rings. The molecule has 1 saturated carbocycles. The highest BCUT2D eigenvalue weighted by atomic mass is 32.2. The van der Waals surface area contributed by atoms with Crippen LogP contribution in [0.15, 0.2) is 53.4 Å². The Morgan fingerprint density at radius 3 is 1.96 bits per heavy atom. The van der Waals surface area contributed by atoms with Crippen LogP contribution < -0.4 is 5.73 Å². The summed E-state index contributed by atoms with van der Waals surface area (Å²) in [7, 11) is -3.29. The molecule has 1 aliphatic carbocycles. The fourth-order valence-corrected chi connectivity index (χ4v) is 4.86. The van der Waals surface area contributed by atoms with E-state index in [9.17, 15) is 18.3 Å². The lowest BCUT2D eigenvalue weighted by Crippen LogP contribution is -2.23. The summed E-state index contributed by atoms with van der Waals surface area (Å²) in [5.74, 6) is -0.729. The van der Waals surface area contributed by atoms with Crippen LogP contribution in [0, 0.1) is 5.92 Å². The predicted octanol–water partition coefficient (Wildman–Crippen LogP) is 2.71. The number of rotatable bonds is 7. The van der Waals surface area contributed by atoms with Crippen molar-refractivity contribution in [2.45, 2.75) is 43.1 Å². The number of hydrogen-bond donors (Lipinski definition) is 2. The van der Waals surface area contributed by atoms with Crippen molar-refractivity contribution in [1.29, 1.82) is 0 Å². The number of aliphatic hydroxyl groups is 1. The van der Waals surface area contributed by atoms with E-state index in [0.29, 0.717) is 11.1 Å². The van der Waals surface area contributed by atoms with E-state index in [-0.39, 0.29) is 16.6 Å². The van der Waals surface area contributed by atoms with Gasteiger partial charge in [-0.2, -0.15) is 0 Å². The minimum atomic E-state index is -3.29. The highest BCUT2D eigenvalue weighted by Crippen LogP contribution is 2.33. The third-order valence-electron chi connectivity index (χ3n) is 4.96. The van der Waals surface area contributed by atoms with Crippen molar-refractivity contribution in [2.75, 3.05) is 5.75 Å². The molecule has 5 nitrogen and oxygen atoms in total. The Morgan fingerprint density at radius 2 is 1.56 bits per heavy atom. The molecule has 0 heterocycles. The van der Waals surface area contributed by atoms with E-state index in [1.54, 1.807) is 62.4 Å². The molecule has 1 atom stereocenters. The number of carbonyl (C=O) groups is 1. The second-order valence-electron chi connectivity index (χ2n) is 7.81. The zero-order chi connectivity index (χ0) is 19.8. The third kappa shape index (κ3) is 4.57. The minimum absolute atomic E-state index is 0.185. The van der Waals surface area contributed by atoms with Crippen LogP contribution in [0.3, 0.4) is 0 Å². The Hall–Kier alpha value is -2.18. The Balaban J connectivity index is 1.88. The molecule has 3 N–H and O–H groups in total. The van der Waals surface area contributed by atoms with Gasteiger partial charge in [-0.05, 0) is 61.4 Å². The molecule has 1 unspecified atom stereocenters.